The first-order valence-corrected chi connectivity index (χ1v) is 8.89. The van der Waals surface area contributed by atoms with Crippen LogP contribution in [0.15, 0.2) is 42.5 Å². The maximum Gasteiger partial charge on any atom is 0.227 e. The van der Waals surface area contributed by atoms with Crippen molar-refractivity contribution in [2.45, 2.75) is 18.9 Å². The number of carbonyl (C=O) groups is 2. The quantitative estimate of drug-likeness (QED) is 0.756. The van der Waals surface area contributed by atoms with Crippen LogP contribution in [0.5, 0.6) is 17.2 Å². The molecule has 0 spiro atoms. The molecule has 1 aliphatic rings. The molecule has 3 rings (SSSR count). The third kappa shape index (κ3) is 3.60. The lowest BCUT2D eigenvalue weighted by Gasteiger charge is -2.42. The SMILES string of the molecule is COc1ccc(N2C(=O)CC[C@@H](C(=O)[O-])[C@H]2c2ccc(OC)c(OC)c2)cc1. The molecule has 148 valence electrons. The summed E-state index contributed by atoms with van der Waals surface area (Å²) in [6.45, 7) is 0. The fraction of sp³-hybridized carbons (Fsp3) is 0.333. The van der Waals surface area contributed by atoms with Crippen LogP contribution in [0, 0.1) is 5.92 Å². The zero-order valence-electron chi connectivity index (χ0n) is 16.0. The number of amides is 1. The molecule has 2 aromatic rings. The van der Waals surface area contributed by atoms with Gasteiger partial charge in [0.1, 0.15) is 5.75 Å². The Morgan fingerprint density at radius 1 is 1.00 bits per heavy atom. The fourth-order valence-electron chi connectivity index (χ4n) is 3.60. The summed E-state index contributed by atoms with van der Waals surface area (Å²) in [6.07, 6.45) is 0.349. The van der Waals surface area contributed by atoms with E-state index in [0.717, 1.165) is 0 Å². The predicted octanol–water partition coefficient (Wildman–Crippen LogP) is 1.95. The molecule has 0 bridgehead atoms. The fourth-order valence-corrected chi connectivity index (χ4v) is 3.60. The molecule has 0 radical (unpaired) electrons. The van der Waals surface area contributed by atoms with E-state index in [1.54, 1.807) is 49.6 Å². The van der Waals surface area contributed by atoms with Crippen LogP contribution >= 0.6 is 0 Å². The number of hydrogen-bond acceptors (Lipinski definition) is 6. The number of rotatable bonds is 6. The summed E-state index contributed by atoms with van der Waals surface area (Å²) in [4.78, 5) is 26.2. The molecule has 1 aliphatic heterocycles. The smallest absolute Gasteiger partial charge is 0.227 e. The monoisotopic (exact) mass is 384 g/mol. The van der Waals surface area contributed by atoms with Crippen LogP contribution in [0.3, 0.4) is 0 Å². The van der Waals surface area contributed by atoms with E-state index >= 15 is 0 Å². The van der Waals surface area contributed by atoms with Gasteiger partial charge in [-0.15, -0.1) is 0 Å². The van der Waals surface area contributed by atoms with Gasteiger partial charge in [0.15, 0.2) is 11.5 Å². The first kappa shape index (κ1) is 19.5. The number of anilines is 1. The number of hydrogen-bond donors (Lipinski definition) is 0. The molecule has 2 atom stereocenters. The van der Waals surface area contributed by atoms with E-state index in [1.807, 2.05) is 0 Å². The van der Waals surface area contributed by atoms with Gasteiger partial charge in [0.2, 0.25) is 5.91 Å². The van der Waals surface area contributed by atoms with Crippen LogP contribution < -0.4 is 24.2 Å². The van der Waals surface area contributed by atoms with E-state index in [2.05, 4.69) is 0 Å². The summed E-state index contributed by atoms with van der Waals surface area (Å²) in [6, 6.07) is 11.4. The normalized spacial score (nSPS) is 19.2. The van der Waals surface area contributed by atoms with E-state index in [9.17, 15) is 14.7 Å². The van der Waals surface area contributed by atoms with Crippen molar-refractivity contribution in [2.24, 2.45) is 5.92 Å². The Bertz CT molecular complexity index is 864. The van der Waals surface area contributed by atoms with Gasteiger partial charge in [-0.25, -0.2) is 0 Å². The van der Waals surface area contributed by atoms with Gasteiger partial charge in [-0.1, -0.05) is 6.07 Å². The van der Waals surface area contributed by atoms with E-state index in [0.29, 0.717) is 28.5 Å². The zero-order valence-corrected chi connectivity index (χ0v) is 16.0. The molecule has 1 saturated heterocycles. The van der Waals surface area contributed by atoms with Crippen molar-refractivity contribution in [3.63, 3.8) is 0 Å². The number of nitrogens with zero attached hydrogens (tertiary/aromatic N) is 1. The average Bonchev–Trinajstić information content (AvgIpc) is 2.72. The van der Waals surface area contributed by atoms with Gasteiger partial charge < -0.3 is 29.0 Å². The van der Waals surface area contributed by atoms with Gasteiger partial charge in [0.25, 0.3) is 0 Å². The number of benzene rings is 2. The number of carbonyl (C=O) groups excluding carboxylic acids is 2. The van der Waals surface area contributed by atoms with E-state index in [1.165, 1.54) is 19.1 Å². The van der Waals surface area contributed by atoms with Crippen LogP contribution in [0.1, 0.15) is 24.4 Å². The van der Waals surface area contributed by atoms with Crippen molar-refractivity contribution < 1.29 is 28.9 Å². The molecule has 0 aliphatic carbocycles. The Morgan fingerprint density at radius 2 is 1.68 bits per heavy atom. The maximum absolute atomic E-state index is 12.8. The number of carboxylic acids is 1. The Hall–Kier alpha value is -3.22. The lowest BCUT2D eigenvalue weighted by molar-refractivity contribution is -0.312. The Morgan fingerprint density at radius 3 is 2.25 bits per heavy atom. The second kappa shape index (κ2) is 8.21. The largest absolute Gasteiger partial charge is 0.550 e. The molecule has 1 amide bonds. The van der Waals surface area contributed by atoms with E-state index in [4.69, 9.17) is 14.2 Å². The number of ether oxygens (including phenoxy) is 3. The van der Waals surface area contributed by atoms with Crippen LogP contribution in [-0.4, -0.2) is 33.2 Å². The standard InChI is InChI=1S/C21H23NO6/c1-26-15-7-5-14(6-8-15)22-19(23)11-9-16(21(24)25)20(22)13-4-10-17(27-2)18(12-13)28-3/h4-8,10,12,16,20H,9,11H2,1-3H3,(H,24,25)/p-1/t16-,20-/m1/s1. The first-order valence-electron chi connectivity index (χ1n) is 8.89. The van der Waals surface area contributed by atoms with Gasteiger partial charge in [0.05, 0.1) is 27.4 Å². The molecule has 1 fully saturated rings. The van der Waals surface area contributed by atoms with Crippen LogP contribution in [-0.2, 0) is 9.59 Å². The minimum atomic E-state index is -1.19. The summed E-state index contributed by atoms with van der Waals surface area (Å²) in [5.74, 6) is -0.558. The molecule has 1 heterocycles. The third-order valence-corrected chi connectivity index (χ3v) is 5.00. The molecule has 7 nitrogen and oxygen atoms in total. The first-order chi connectivity index (χ1) is 13.5. The average molecular weight is 384 g/mol. The van der Waals surface area contributed by atoms with Gasteiger partial charge in [-0.3, -0.25) is 4.79 Å². The molecule has 2 aromatic carbocycles. The van der Waals surface area contributed by atoms with E-state index in [-0.39, 0.29) is 18.7 Å². The summed E-state index contributed by atoms with van der Waals surface area (Å²) >= 11 is 0. The molecule has 0 saturated carbocycles. The van der Waals surface area contributed by atoms with Crippen LogP contribution in [0.25, 0.3) is 0 Å². The third-order valence-electron chi connectivity index (χ3n) is 5.00. The maximum atomic E-state index is 12.8. The molecular weight excluding hydrogens is 362 g/mol. The van der Waals surface area contributed by atoms with Gasteiger partial charge in [0, 0.05) is 24.0 Å². The highest BCUT2D eigenvalue weighted by Crippen LogP contribution is 2.42. The number of piperidine rings is 1. The highest BCUT2D eigenvalue weighted by atomic mass is 16.5. The van der Waals surface area contributed by atoms with Crippen molar-refractivity contribution in [1.29, 1.82) is 0 Å². The molecule has 0 aromatic heterocycles. The second-order valence-electron chi connectivity index (χ2n) is 6.49. The minimum absolute atomic E-state index is 0.133. The topological polar surface area (TPSA) is 88.1 Å². The minimum Gasteiger partial charge on any atom is -0.550 e. The lowest BCUT2D eigenvalue weighted by Crippen LogP contribution is -2.49. The highest BCUT2D eigenvalue weighted by Gasteiger charge is 2.38. The highest BCUT2D eigenvalue weighted by molar-refractivity contribution is 5.96. The van der Waals surface area contributed by atoms with Crippen molar-refractivity contribution in [3.05, 3.63) is 48.0 Å². The van der Waals surface area contributed by atoms with Crippen LogP contribution in [0.2, 0.25) is 0 Å². The van der Waals surface area contributed by atoms with Crippen molar-refractivity contribution in [2.75, 3.05) is 26.2 Å². The summed E-state index contributed by atoms with van der Waals surface area (Å²) < 4.78 is 15.8. The molecule has 0 unspecified atom stereocenters. The predicted molar refractivity (Wildman–Crippen MR) is 100 cm³/mol. The Kier molecular flexibility index (Phi) is 5.73. The van der Waals surface area contributed by atoms with Crippen molar-refractivity contribution in [3.8, 4) is 17.2 Å². The Balaban J connectivity index is 2.11. The van der Waals surface area contributed by atoms with Gasteiger partial charge >= 0.3 is 0 Å². The summed E-state index contributed by atoms with van der Waals surface area (Å²) in [7, 11) is 4.58. The molecule has 28 heavy (non-hydrogen) atoms. The molecule has 0 N–H and O–H groups in total. The van der Waals surface area contributed by atoms with E-state index < -0.39 is 17.9 Å². The summed E-state index contributed by atoms with van der Waals surface area (Å²) in [5, 5.41) is 11.9. The molecular formula is C21H22NO6-. The summed E-state index contributed by atoms with van der Waals surface area (Å²) in [5.41, 5.74) is 1.23. The van der Waals surface area contributed by atoms with Crippen molar-refractivity contribution >= 4 is 17.6 Å². The zero-order chi connectivity index (χ0) is 20.3. The van der Waals surface area contributed by atoms with Gasteiger partial charge in [-0.2, -0.15) is 0 Å². The number of methoxy groups -OCH3 is 3. The second-order valence-corrected chi connectivity index (χ2v) is 6.49. The Labute approximate surface area is 163 Å². The number of carboxylic acid groups (broad SMARTS) is 1. The number of aliphatic carboxylic acids is 1. The lowest BCUT2D eigenvalue weighted by atomic mass is 9.83. The van der Waals surface area contributed by atoms with Crippen molar-refractivity contribution in [1.82, 2.24) is 0 Å². The van der Waals surface area contributed by atoms with Gasteiger partial charge in [-0.05, 0) is 48.4 Å². The molecule has 7 heteroatoms. The van der Waals surface area contributed by atoms with Crippen LogP contribution in [0.4, 0.5) is 5.69 Å².